The molecule has 0 saturated carbocycles. The fourth-order valence-electron chi connectivity index (χ4n) is 1.85. The lowest BCUT2D eigenvalue weighted by Gasteiger charge is -2.10. The molecule has 0 heterocycles. The quantitative estimate of drug-likeness (QED) is 0.882. The number of methoxy groups -OCH3 is 2. The van der Waals surface area contributed by atoms with Gasteiger partial charge in [-0.3, -0.25) is 4.79 Å². The predicted octanol–water partition coefficient (Wildman–Crippen LogP) is 2.87. The van der Waals surface area contributed by atoms with Gasteiger partial charge in [-0.1, -0.05) is 0 Å². The van der Waals surface area contributed by atoms with Crippen LogP contribution >= 0.6 is 0 Å². The van der Waals surface area contributed by atoms with Gasteiger partial charge in [0.1, 0.15) is 17.1 Å². The van der Waals surface area contributed by atoms with Gasteiger partial charge in [-0.2, -0.15) is 0 Å². The summed E-state index contributed by atoms with van der Waals surface area (Å²) in [5, 5.41) is 2.64. The molecule has 2 aromatic carbocycles. The molecule has 0 aliphatic rings. The number of hydrogen-bond acceptors (Lipinski definition) is 4. The predicted molar refractivity (Wildman–Crippen MR) is 78.7 cm³/mol. The van der Waals surface area contributed by atoms with E-state index in [0.717, 1.165) is 0 Å². The Morgan fingerprint density at radius 1 is 1.05 bits per heavy atom. The van der Waals surface area contributed by atoms with Gasteiger partial charge < -0.3 is 14.8 Å². The number of esters is 1. The average Bonchev–Trinajstić information content (AvgIpc) is 2.54. The van der Waals surface area contributed by atoms with Gasteiger partial charge in [0.15, 0.2) is 0 Å². The lowest BCUT2D eigenvalue weighted by Crippen LogP contribution is -2.12. The summed E-state index contributed by atoms with van der Waals surface area (Å²) < 4.78 is 22.6. The van der Waals surface area contributed by atoms with Gasteiger partial charge in [0, 0.05) is 17.3 Å². The Hall–Kier alpha value is -2.89. The van der Waals surface area contributed by atoms with Crippen molar-refractivity contribution in [2.24, 2.45) is 0 Å². The highest BCUT2D eigenvalue weighted by molar-refractivity contribution is 6.04. The SMILES string of the molecule is COC(=O)c1ccc(NC(=O)c2ccc(F)cc2)cc1OC. The molecule has 0 saturated heterocycles. The number of carbonyl (C=O) groups excluding carboxylic acids is 2. The van der Waals surface area contributed by atoms with E-state index in [9.17, 15) is 14.0 Å². The number of amides is 1. The van der Waals surface area contributed by atoms with Crippen LogP contribution in [0, 0.1) is 5.82 Å². The number of hydrogen-bond donors (Lipinski definition) is 1. The van der Waals surface area contributed by atoms with Crippen LogP contribution in [0.25, 0.3) is 0 Å². The van der Waals surface area contributed by atoms with Crippen LogP contribution in [0.5, 0.6) is 5.75 Å². The third-order valence-electron chi connectivity index (χ3n) is 2.97. The van der Waals surface area contributed by atoms with E-state index in [1.54, 1.807) is 6.07 Å². The van der Waals surface area contributed by atoms with Gasteiger partial charge in [0.05, 0.1) is 14.2 Å². The van der Waals surface area contributed by atoms with E-state index in [4.69, 9.17) is 4.74 Å². The molecule has 0 aliphatic carbocycles. The van der Waals surface area contributed by atoms with Crippen molar-refractivity contribution in [1.82, 2.24) is 0 Å². The molecule has 6 heteroatoms. The molecule has 1 amide bonds. The van der Waals surface area contributed by atoms with Crippen molar-refractivity contribution in [1.29, 1.82) is 0 Å². The van der Waals surface area contributed by atoms with Crippen LogP contribution in [0.2, 0.25) is 0 Å². The Balaban J connectivity index is 2.21. The average molecular weight is 303 g/mol. The zero-order valence-corrected chi connectivity index (χ0v) is 12.1. The van der Waals surface area contributed by atoms with Crippen molar-refractivity contribution in [3.63, 3.8) is 0 Å². The van der Waals surface area contributed by atoms with Crippen LogP contribution in [-0.4, -0.2) is 26.1 Å². The topological polar surface area (TPSA) is 64.6 Å². The molecule has 0 atom stereocenters. The van der Waals surface area contributed by atoms with E-state index >= 15 is 0 Å². The Morgan fingerprint density at radius 3 is 2.32 bits per heavy atom. The summed E-state index contributed by atoms with van der Waals surface area (Å²) >= 11 is 0. The molecule has 0 unspecified atom stereocenters. The van der Waals surface area contributed by atoms with Crippen molar-refractivity contribution in [3.05, 3.63) is 59.4 Å². The molecule has 0 bridgehead atoms. The van der Waals surface area contributed by atoms with Crippen molar-refractivity contribution in [2.45, 2.75) is 0 Å². The maximum absolute atomic E-state index is 12.8. The number of carbonyl (C=O) groups is 2. The second kappa shape index (κ2) is 6.71. The highest BCUT2D eigenvalue weighted by Gasteiger charge is 2.14. The summed E-state index contributed by atoms with van der Waals surface area (Å²) in [5.41, 5.74) is 1.01. The summed E-state index contributed by atoms with van der Waals surface area (Å²) in [6, 6.07) is 9.72. The second-order valence-corrected chi connectivity index (χ2v) is 4.37. The molecule has 1 N–H and O–H groups in total. The number of halogens is 1. The first-order chi connectivity index (χ1) is 10.5. The van der Waals surface area contributed by atoms with Crippen LogP contribution in [-0.2, 0) is 4.74 Å². The number of nitrogens with one attached hydrogen (secondary N) is 1. The fourth-order valence-corrected chi connectivity index (χ4v) is 1.85. The first kappa shape index (κ1) is 15.5. The van der Waals surface area contributed by atoms with E-state index in [1.165, 1.54) is 50.6 Å². The standard InChI is InChI=1S/C16H14FNO4/c1-21-14-9-12(7-8-13(14)16(20)22-2)18-15(19)10-3-5-11(17)6-4-10/h3-9H,1-2H3,(H,18,19). The molecule has 2 rings (SSSR count). The van der Waals surface area contributed by atoms with E-state index < -0.39 is 17.7 Å². The monoisotopic (exact) mass is 303 g/mol. The molecule has 0 fully saturated rings. The summed E-state index contributed by atoms with van der Waals surface area (Å²) in [6.45, 7) is 0. The van der Waals surface area contributed by atoms with Gasteiger partial charge in [-0.25, -0.2) is 9.18 Å². The van der Waals surface area contributed by atoms with E-state index in [1.807, 2.05) is 0 Å². The van der Waals surface area contributed by atoms with Crippen molar-refractivity contribution in [3.8, 4) is 5.75 Å². The number of ether oxygens (including phenoxy) is 2. The van der Waals surface area contributed by atoms with Crippen LogP contribution in [0.4, 0.5) is 10.1 Å². The van der Waals surface area contributed by atoms with Gasteiger partial charge in [-0.05, 0) is 36.4 Å². The van der Waals surface area contributed by atoms with Crippen LogP contribution in [0.1, 0.15) is 20.7 Å². The van der Waals surface area contributed by atoms with Gasteiger partial charge in [-0.15, -0.1) is 0 Å². The summed E-state index contributed by atoms with van der Waals surface area (Å²) in [6.07, 6.45) is 0. The molecule has 5 nitrogen and oxygen atoms in total. The molecule has 2 aromatic rings. The highest BCUT2D eigenvalue weighted by atomic mass is 19.1. The molecular formula is C16H14FNO4. The fraction of sp³-hybridized carbons (Fsp3) is 0.125. The molecule has 114 valence electrons. The smallest absolute Gasteiger partial charge is 0.341 e. The first-order valence-corrected chi connectivity index (χ1v) is 6.38. The maximum Gasteiger partial charge on any atom is 0.341 e. The third-order valence-corrected chi connectivity index (χ3v) is 2.97. The third kappa shape index (κ3) is 3.41. The maximum atomic E-state index is 12.8. The Bertz CT molecular complexity index is 698. The van der Waals surface area contributed by atoms with Gasteiger partial charge in [0.25, 0.3) is 5.91 Å². The van der Waals surface area contributed by atoms with Gasteiger partial charge in [0.2, 0.25) is 0 Å². The summed E-state index contributed by atoms with van der Waals surface area (Å²) in [7, 11) is 2.68. The Kier molecular flexibility index (Phi) is 4.73. The Morgan fingerprint density at radius 2 is 1.73 bits per heavy atom. The van der Waals surface area contributed by atoms with Crippen molar-refractivity contribution >= 4 is 17.6 Å². The molecule has 0 aromatic heterocycles. The highest BCUT2D eigenvalue weighted by Crippen LogP contribution is 2.24. The molecule has 22 heavy (non-hydrogen) atoms. The number of rotatable bonds is 4. The number of benzene rings is 2. The van der Waals surface area contributed by atoms with Gasteiger partial charge >= 0.3 is 5.97 Å². The second-order valence-electron chi connectivity index (χ2n) is 4.37. The summed E-state index contributed by atoms with van der Waals surface area (Å²) in [5.74, 6) is -1.06. The largest absolute Gasteiger partial charge is 0.496 e. The lowest BCUT2D eigenvalue weighted by atomic mass is 10.1. The van der Waals surface area contributed by atoms with Crippen LogP contribution < -0.4 is 10.1 Å². The molecular weight excluding hydrogens is 289 g/mol. The first-order valence-electron chi connectivity index (χ1n) is 6.38. The van der Waals surface area contributed by atoms with E-state index in [2.05, 4.69) is 10.1 Å². The van der Waals surface area contributed by atoms with Crippen molar-refractivity contribution in [2.75, 3.05) is 19.5 Å². The Labute approximate surface area is 126 Å². The van der Waals surface area contributed by atoms with E-state index in [-0.39, 0.29) is 11.3 Å². The minimum atomic E-state index is -0.534. The molecule has 0 aliphatic heterocycles. The zero-order chi connectivity index (χ0) is 16.1. The van der Waals surface area contributed by atoms with E-state index in [0.29, 0.717) is 11.3 Å². The lowest BCUT2D eigenvalue weighted by molar-refractivity contribution is 0.0597. The van der Waals surface area contributed by atoms with Crippen molar-refractivity contribution < 1.29 is 23.5 Å². The minimum absolute atomic E-state index is 0.254. The van der Waals surface area contributed by atoms with Crippen LogP contribution in [0.3, 0.4) is 0 Å². The van der Waals surface area contributed by atoms with Crippen LogP contribution in [0.15, 0.2) is 42.5 Å². The summed E-state index contributed by atoms with van der Waals surface area (Å²) in [4.78, 5) is 23.6. The molecule has 0 spiro atoms. The number of anilines is 1. The molecule has 0 radical (unpaired) electrons. The zero-order valence-electron chi connectivity index (χ0n) is 12.1. The normalized spacial score (nSPS) is 9.95. The minimum Gasteiger partial charge on any atom is -0.496 e.